The van der Waals surface area contributed by atoms with E-state index in [9.17, 15) is 9.59 Å². The van der Waals surface area contributed by atoms with Gasteiger partial charge in [0.2, 0.25) is 11.8 Å². The number of rotatable bonds is 5. The molecule has 0 bridgehead atoms. The van der Waals surface area contributed by atoms with Crippen LogP contribution in [0.4, 0.5) is 0 Å². The molecule has 1 N–H and O–H groups in total. The zero-order chi connectivity index (χ0) is 12.1. The molecule has 1 fully saturated rings. The second-order valence-corrected chi connectivity index (χ2v) is 4.28. The van der Waals surface area contributed by atoms with E-state index in [0.717, 1.165) is 12.8 Å². The quantitative estimate of drug-likeness (QED) is 0.768. The van der Waals surface area contributed by atoms with Crippen LogP contribution in [0.2, 0.25) is 0 Å². The van der Waals surface area contributed by atoms with E-state index in [4.69, 9.17) is 0 Å². The van der Waals surface area contributed by atoms with Gasteiger partial charge in [-0.05, 0) is 19.3 Å². The van der Waals surface area contributed by atoms with Crippen molar-refractivity contribution in [1.29, 1.82) is 0 Å². The van der Waals surface area contributed by atoms with Gasteiger partial charge in [0.15, 0.2) is 0 Å². The largest absolute Gasteiger partial charge is 0.343 e. The maximum atomic E-state index is 12.1. The minimum Gasteiger partial charge on any atom is -0.343 e. The van der Waals surface area contributed by atoms with Crippen molar-refractivity contribution in [3.05, 3.63) is 0 Å². The zero-order valence-electron chi connectivity index (χ0n) is 10.5. The number of carbonyl (C=O) groups excluding carboxylic acids is 2. The van der Waals surface area contributed by atoms with Crippen LogP contribution in [0.25, 0.3) is 0 Å². The van der Waals surface area contributed by atoms with Crippen molar-refractivity contribution in [2.24, 2.45) is 0 Å². The van der Waals surface area contributed by atoms with E-state index in [-0.39, 0.29) is 23.9 Å². The molecule has 1 saturated heterocycles. The van der Waals surface area contributed by atoms with E-state index in [1.54, 1.807) is 4.90 Å². The molecule has 1 aliphatic heterocycles. The lowest BCUT2D eigenvalue weighted by Crippen LogP contribution is -2.63. The van der Waals surface area contributed by atoms with Crippen LogP contribution in [0.15, 0.2) is 0 Å². The summed E-state index contributed by atoms with van der Waals surface area (Å²) in [6.45, 7) is 6.67. The molecular formula is C12H22N2O2. The second kappa shape index (κ2) is 5.87. The fraction of sp³-hybridized carbons (Fsp3) is 0.833. The van der Waals surface area contributed by atoms with Gasteiger partial charge in [0.1, 0.15) is 12.1 Å². The molecule has 0 radical (unpaired) electrons. The molecule has 1 rings (SSSR count). The summed E-state index contributed by atoms with van der Waals surface area (Å²) in [5.41, 5.74) is 0. The van der Waals surface area contributed by atoms with E-state index in [1.165, 1.54) is 0 Å². The van der Waals surface area contributed by atoms with Gasteiger partial charge in [-0.25, -0.2) is 0 Å². The van der Waals surface area contributed by atoms with Gasteiger partial charge in [0.25, 0.3) is 0 Å². The number of hydrogen-bond acceptors (Lipinski definition) is 2. The van der Waals surface area contributed by atoms with Crippen LogP contribution < -0.4 is 5.32 Å². The van der Waals surface area contributed by atoms with Gasteiger partial charge in [-0.15, -0.1) is 0 Å². The fourth-order valence-electron chi connectivity index (χ4n) is 2.10. The Morgan fingerprint density at radius 3 is 2.38 bits per heavy atom. The zero-order valence-corrected chi connectivity index (χ0v) is 10.5. The number of carbonyl (C=O) groups is 2. The van der Waals surface area contributed by atoms with Gasteiger partial charge in [-0.2, -0.15) is 0 Å². The highest BCUT2D eigenvalue weighted by atomic mass is 16.2. The van der Waals surface area contributed by atoms with Crippen molar-refractivity contribution in [2.75, 3.05) is 6.54 Å². The van der Waals surface area contributed by atoms with Crippen LogP contribution in [0.3, 0.4) is 0 Å². The van der Waals surface area contributed by atoms with E-state index in [0.29, 0.717) is 19.4 Å². The molecule has 0 saturated carbocycles. The Hall–Kier alpha value is -1.06. The van der Waals surface area contributed by atoms with Crippen LogP contribution in [-0.2, 0) is 9.59 Å². The van der Waals surface area contributed by atoms with Crippen molar-refractivity contribution in [1.82, 2.24) is 10.2 Å². The molecule has 4 nitrogen and oxygen atoms in total. The van der Waals surface area contributed by atoms with Gasteiger partial charge in [-0.3, -0.25) is 9.59 Å². The molecule has 0 spiro atoms. The van der Waals surface area contributed by atoms with Crippen molar-refractivity contribution < 1.29 is 9.59 Å². The number of unbranched alkanes of at least 4 members (excludes halogenated alkanes) is 1. The van der Waals surface area contributed by atoms with Gasteiger partial charge in [0, 0.05) is 6.54 Å². The maximum absolute atomic E-state index is 12.1. The number of nitrogens with one attached hydrogen (secondary N) is 1. The lowest BCUT2D eigenvalue weighted by molar-refractivity contribution is -0.149. The first-order valence-electron chi connectivity index (χ1n) is 6.26. The monoisotopic (exact) mass is 226 g/mol. The Kier molecular flexibility index (Phi) is 4.77. The summed E-state index contributed by atoms with van der Waals surface area (Å²) in [5.74, 6) is 0.0902. The summed E-state index contributed by atoms with van der Waals surface area (Å²) in [6, 6.07) is -0.575. The molecule has 1 heterocycles. The molecule has 4 heteroatoms. The summed E-state index contributed by atoms with van der Waals surface area (Å²) in [7, 11) is 0. The smallest absolute Gasteiger partial charge is 0.245 e. The van der Waals surface area contributed by atoms with Crippen LogP contribution >= 0.6 is 0 Å². The Labute approximate surface area is 97.4 Å². The highest BCUT2D eigenvalue weighted by molar-refractivity contribution is 5.96. The molecule has 0 aliphatic carbocycles. The molecule has 2 amide bonds. The van der Waals surface area contributed by atoms with Crippen molar-refractivity contribution in [3.63, 3.8) is 0 Å². The van der Waals surface area contributed by atoms with E-state index in [1.807, 2.05) is 13.8 Å². The van der Waals surface area contributed by atoms with E-state index >= 15 is 0 Å². The van der Waals surface area contributed by atoms with E-state index in [2.05, 4.69) is 12.2 Å². The topological polar surface area (TPSA) is 49.4 Å². The summed E-state index contributed by atoms with van der Waals surface area (Å²) in [6.07, 6.45) is 3.37. The van der Waals surface area contributed by atoms with Crippen molar-refractivity contribution in [2.45, 2.75) is 58.5 Å². The predicted molar refractivity (Wildman–Crippen MR) is 62.9 cm³/mol. The average molecular weight is 226 g/mol. The molecule has 0 aromatic rings. The summed E-state index contributed by atoms with van der Waals surface area (Å²) in [4.78, 5) is 25.7. The molecule has 1 aliphatic rings. The first-order valence-corrected chi connectivity index (χ1v) is 6.26. The Morgan fingerprint density at radius 1 is 1.19 bits per heavy atom. The minimum absolute atomic E-state index is 0.00468. The average Bonchev–Trinajstić information content (AvgIpc) is 2.29. The summed E-state index contributed by atoms with van der Waals surface area (Å²) >= 11 is 0. The lowest BCUT2D eigenvalue weighted by atomic mass is 10.0. The van der Waals surface area contributed by atoms with E-state index < -0.39 is 0 Å². The predicted octanol–water partition coefficient (Wildman–Crippen LogP) is 1.30. The Bertz CT molecular complexity index is 266. The molecule has 16 heavy (non-hydrogen) atoms. The third-order valence-corrected chi connectivity index (χ3v) is 3.12. The highest BCUT2D eigenvalue weighted by Gasteiger charge is 2.37. The molecule has 0 aromatic heterocycles. The third kappa shape index (κ3) is 2.54. The number of nitrogens with zero attached hydrogens (tertiary/aromatic N) is 1. The summed E-state index contributed by atoms with van der Waals surface area (Å²) < 4.78 is 0. The molecule has 2 unspecified atom stereocenters. The van der Waals surface area contributed by atoms with Gasteiger partial charge in [0.05, 0.1) is 0 Å². The van der Waals surface area contributed by atoms with Crippen LogP contribution in [0.1, 0.15) is 46.5 Å². The number of amides is 2. The first kappa shape index (κ1) is 13.0. The van der Waals surface area contributed by atoms with Crippen LogP contribution in [-0.4, -0.2) is 35.3 Å². The third-order valence-electron chi connectivity index (χ3n) is 3.12. The second-order valence-electron chi connectivity index (χ2n) is 4.28. The molecule has 0 aromatic carbocycles. The van der Waals surface area contributed by atoms with Crippen LogP contribution in [0.5, 0.6) is 0 Å². The Morgan fingerprint density at radius 2 is 1.88 bits per heavy atom. The molecule has 2 atom stereocenters. The minimum atomic E-state index is -0.313. The van der Waals surface area contributed by atoms with Crippen LogP contribution in [0, 0.1) is 0 Å². The number of piperazine rings is 1. The van der Waals surface area contributed by atoms with Crippen molar-refractivity contribution in [3.8, 4) is 0 Å². The highest BCUT2D eigenvalue weighted by Crippen LogP contribution is 2.15. The number of hydrogen-bond donors (Lipinski definition) is 1. The Balaban J connectivity index is 2.78. The van der Waals surface area contributed by atoms with Gasteiger partial charge < -0.3 is 10.2 Å². The summed E-state index contributed by atoms with van der Waals surface area (Å²) in [5, 5.41) is 2.79. The van der Waals surface area contributed by atoms with Crippen molar-refractivity contribution >= 4 is 11.8 Å². The SMILES string of the molecule is CCCCN1C(=O)C(CC)NC(=O)C1CC. The molecule has 92 valence electrons. The lowest BCUT2D eigenvalue weighted by Gasteiger charge is -2.38. The maximum Gasteiger partial charge on any atom is 0.245 e. The normalized spacial score (nSPS) is 25.8. The fourth-order valence-corrected chi connectivity index (χ4v) is 2.10. The van der Waals surface area contributed by atoms with Gasteiger partial charge in [-0.1, -0.05) is 27.2 Å². The first-order chi connectivity index (χ1) is 7.65. The van der Waals surface area contributed by atoms with Gasteiger partial charge >= 0.3 is 0 Å². The standard InChI is InChI=1S/C12H22N2O2/c1-4-7-8-14-10(6-3)11(15)13-9(5-2)12(14)16/h9-10H,4-8H2,1-3H3,(H,13,15). The molecular weight excluding hydrogens is 204 g/mol.